The van der Waals surface area contributed by atoms with Crippen molar-refractivity contribution in [1.29, 1.82) is 0 Å². The van der Waals surface area contributed by atoms with Crippen molar-refractivity contribution in [3.8, 4) is 0 Å². The SMILES string of the molecule is COC(=O)c1nc2ncn(COCC[Si](C)(C)C)c2cc1Br. The number of aromatic nitrogens is 3. The van der Waals surface area contributed by atoms with E-state index in [4.69, 9.17) is 9.47 Å². The van der Waals surface area contributed by atoms with Gasteiger partial charge in [-0.25, -0.2) is 14.8 Å². The fourth-order valence-corrected chi connectivity index (χ4v) is 3.07. The number of imidazole rings is 1. The first-order chi connectivity index (χ1) is 10.3. The molecule has 0 atom stereocenters. The van der Waals surface area contributed by atoms with Crippen molar-refractivity contribution in [2.75, 3.05) is 13.7 Å². The topological polar surface area (TPSA) is 66.2 Å². The predicted molar refractivity (Wildman–Crippen MR) is 90.7 cm³/mol. The lowest BCUT2D eigenvalue weighted by atomic mass is 10.3. The van der Waals surface area contributed by atoms with E-state index >= 15 is 0 Å². The normalized spacial score (nSPS) is 11.9. The smallest absolute Gasteiger partial charge is 0.357 e. The van der Waals surface area contributed by atoms with Crippen LogP contribution in [0, 0.1) is 0 Å². The van der Waals surface area contributed by atoms with Gasteiger partial charge in [-0.05, 0) is 28.0 Å². The van der Waals surface area contributed by atoms with E-state index in [0.717, 1.165) is 18.2 Å². The Labute approximate surface area is 139 Å². The second-order valence-corrected chi connectivity index (χ2v) is 12.7. The molecule has 2 heterocycles. The van der Waals surface area contributed by atoms with Crippen molar-refractivity contribution in [1.82, 2.24) is 14.5 Å². The number of carbonyl (C=O) groups is 1. The third-order valence-corrected chi connectivity index (χ3v) is 5.48. The van der Waals surface area contributed by atoms with Gasteiger partial charge in [0.2, 0.25) is 0 Å². The van der Waals surface area contributed by atoms with Crippen LogP contribution < -0.4 is 0 Å². The van der Waals surface area contributed by atoms with Gasteiger partial charge in [0.1, 0.15) is 6.73 Å². The van der Waals surface area contributed by atoms with Crippen LogP contribution in [0.2, 0.25) is 25.7 Å². The van der Waals surface area contributed by atoms with E-state index < -0.39 is 14.0 Å². The highest BCUT2D eigenvalue weighted by Crippen LogP contribution is 2.21. The number of rotatable bonds is 6. The minimum Gasteiger partial charge on any atom is -0.464 e. The van der Waals surface area contributed by atoms with Gasteiger partial charge in [0.05, 0.1) is 23.4 Å². The number of methoxy groups -OCH3 is 1. The average molecular weight is 386 g/mol. The molecule has 0 fully saturated rings. The Hall–Kier alpha value is -1.25. The molecule has 0 saturated carbocycles. The first-order valence-electron chi connectivity index (χ1n) is 6.99. The van der Waals surface area contributed by atoms with Gasteiger partial charge in [-0.2, -0.15) is 0 Å². The Morgan fingerprint density at radius 3 is 2.77 bits per heavy atom. The van der Waals surface area contributed by atoms with Gasteiger partial charge in [-0.1, -0.05) is 19.6 Å². The highest BCUT2D eigenvalue weighted by Gasteiger charge is 2.16. The molecule has 0 aromatic carbocycles. The number of hydrogen-bond acceptors (Lipinski definition) is 5. The van der Waals surface area contributed by atoms with E-state index in [1.165, 1.54) is 7.11 Å². The highest BCUT2D eigenvalue weighted by atomic mass is 79.9. The van der Waals surface area contributed by atoms with Gasteiger partial charge in [0, 0.05) is 14.7 Å². The molecule has 2 aromatic rings. The maximum Gasteiger partial charge on any atom is 0.357 e. The van der Waals surface area contributed by atoms with Crippen LogP contribution in [0.1, 0.15) is 10.5 Å². The molecule has 0 aliphatic heterocycles. The summed E-state index contributed by atoms with van der Waals surface area (Å²) in [6, 6.07) is 2.93. The zero-order chi connectivity index (χ0) is 16.3. The van der Waals surface area contributed by atoms with E-state index in [1.54, 1.807) is 6.33 Å². The fourth-order valence-electron chi connectivity index (χ4n) is 1.85. The number of hydrogen-bond donors (Lipinski definition) is 0. The summed E-state index contributed by atoms with van der Waals surface area (Å²) in [6.45, 7) is 8.12. The Kier molecular flexibility index (Phi) is 5.35. The summed E-state index contributed by atoms with van der Waals surface area (Å²) in [5, 5.41) is 0. The quantitative estimate of drug-likeness (QED) is 0.433. The van der Waals surface area contributed by atoms with Crippen molar-refractivity contribution >= 4 is 41.1 Å². The third-order valence-electron chi connectivity index (χ3n) is 3.17. The standard InChI is InChI=1S/C14H20BrN3O3Si/c1-20-14(19)12-10(15)7-11-13(17-12)16-8-18(11)9-21-5-6-22(2,3)4/h7-8H,5-6,9H2,1-4H3. The molecule has 120 valence electrons. The summed E-state index contributed by atoms with van der Waals surface area (Å²) in [6.07, 6.45) is 1.67. The van der Waals surface area contributed by atoms with Crippen LogP contribution in [0.25, 0.3) is 11.2 Å². The first-order valence-corrected chi connectivity index (χ1v) is 11.5. The van der Waals surface area contributed by atoms with Gasteiger partial charge < -0.3 is 14.0 Å². The molecule has 0 N–H and O–H groups in total. The van der Waals surface area contributed by atoms with E-state index in [2.05, 4.69) is 45.5 Å². The van der Waals surface area contributed by atoms with Crippen molar-refractivity contribution in [3.05, 3.63) is 22.6 Å². The van der Waals surface area contributed by atoms with Gasteiger partial charge in [0.15, 0.2) is 11.3 Å². The highest BCUT2D eigenvalue weighted by molar-refractivity contribution is 9.10. The summed E-state index contributed by atoms with van der Waals surface area (Å²) in [4.78, 5) is 20.1. The lowest BCUT2D eigenvalue weighted by molar-refractivity contribution is 0.0593. The van der Waals surface area contributed by atoms with Gasteiger partial charge in [0.25, 0.3) is 0 Å². The van der Waals surface area contributed by atoms with E-state index in [9.17, 15) is 4.79 Å². The number of pyridine rings is 1. The molecule has 0 spiro atoms. The number of ether oxygens (including phenoxy) is 2. The maximum absolute atomic E-state index is 11.6. The molecule has 0 saturated heterocycles. The van der Waals surface area contributed by atoms with Crippen LogP contribution in [0.5, 0.6) is 0 Å². The second-order valence-electron chi connectivity index (χ2n) is 6.22. The molecular weight excluding hydrogens is 366 g/mol. The van der Waals surface area contributed by atoms with Gasteiger partial charge in [-0.3, -0.25) is 0 Å². The van der Waals surface area contributed by atoms with E-state index in [1.807, 2.05) is 10.6 Å². The predicted octanol–water partition coefficient (Wildman–Crippen LogP) is 3.29. The minimum absolute atomic E-state index is 0.222. The molecule has 0 radical (unpaired) electrons. The van der Waals surface area contributed by atoms with Crippen LogP contribution in [-0.2, 0) is 16.2 Å². The summed E-state index contributed by atoms with van der Waals surface area (Å²) < 4.78 is 12.9. The molecule has 2 aromatic heterocycles. The average Bonchev–Trinajstić information content (AvgIpc) is 2.83. The first kappa shape index (κ1) is 17.1. The second kappa shape index (κ2) is 6.89. The Morgan fingerprint density at radius 2 is 2.14 bits per heavy atom. The molecule has 6 nitrogen and oxygen atoms in total. The van der Waals surface area contributed by atoms with Gasteiger partial charge in [-0.15, -0.1) is 0 Å². The summed E-state index contributed by atoms with van der Waals surface area (Å²) in [5.41, 5.74) is 1.53. The molecule has 8 heteroatoms. The number of nitrogens with zero attached hydrogens (tertiary/aromatic N) is 3. The van der Waals surface area contributed by atoms with Crippen LogP contribution in [0.4, 0.5) is 0 Å². The monoisotopic (exact) mass is 385 g/mol. The third kappa shape index (κ3) is 4.14. The molecule has 2 rings (SSSR count). The number of esters is 1. The van der Waals surface area contributed by atoms with Crippen LogP contribution in [0.3, 0.4) is 0 Å². The largest absolute Gasteiger partial charge is 0.464 e. The summed E-state index contributed by atoms with van der Waals surface area (Å²) in [5.74, 6) is -0.491. The lowest BCUT2D eigenvalue weighted by Gasteiger charge is -2.15. The number of fused-ring (bicyclic) bond motifs is 1. The Balaban J connectivity index is 2.13. The van der Waals surface area contributed by atoms with E-state index in [-0.39, 0.29) is 5.69 Å². The molecule has 0 unspecified atom stereocenters. The van der Waals surface area contributed by atoms with Crippen molar-refractivity contribution in [3.63, 3.8) is 0 Å². The van der Waals surface area contributed by atoms with Crippen LogP contribution in [0.15, 0.2) is 16.9 Å². The number of carbonyl (C=O) groups excluding carboxylic acids is 1. The Bertz CT molecular complexity index is 682. The minimum atomic E-state index is -1.09. The zero-order valence-corrected chi connectivity index (χ0v) is 15.8. The van der Waals surface area contributed by atoms with Crippen molar-refractivity contribution in [2.45, 2.75) is 32.4 Å². The lowest BCUT2D eigenvalue weighted by Crippen LogP contribution is -2.21. The van der Waals surface area contributed by atoms with E-state index in [0.29, 0.717) is 16.9 Å². The summed E-state index contributed by atoms with van der Waals surface area (Å²) >= 11 is 3.35. The molecule has 0 bridgehead atoms. The maximum atomic E-state index is 11.6. The van der Waals surface area contributed by atoms with Gasteiger partial charge >= 0.3 is 5.97 Å². The molecule has 0 aliphatic rings. The Morgan fingerprint density at radius 1 is 1.41 bits per heavy atom. The summed E-state index contributed by atoms with van der Waals surface area (Å²) in [7, 11) is 0.238. The van der Waals surface area contributed by atoms with Crippen molar-refractivity contribution < 1.29 is 14.3 Å². The van der Waals surface area contributed by atoms with Crippen molar-refractivity contribution in [2.24, 2.45) is 0 Å². The van der Waals surface area contributed by atoms with Crippen LogP contribution >= 0.6 is 15.9 Å². The molecular formula is C14H20BrN3O3Si. The fraction of sp³-hybridized carbons (Fsp3) is 0.500. The molecule has 0 amide bonds. The zero-order valence-electron chi connectivity index (χ0n) is 13.2. The molecule has 22 heavy (non-hydrogen) atoms. The molecule has 0 aliphatic carbocycles. The number of halogens is 1. The van der Waals surface area contributed by atoms with Crippen LogP contribution in [-0.4, -0.2) is 42.3 Å².